The zero-order valence-corrected chi connectivity index (χ0v) is 9.42. The van der Waals surface area contributed by atoms with Crippen LogP contribution in [-0.2, 0) is 25.2 Å². The third kappa shape index (κ3) is 9.75. The van der Waals surface area contributed by atoms with Crippen molar-refractivity contribution in [2.24, 2.45) is 0 Å². The predicted molar refractivity (Wildman–Crippen MR) is 37.2 cm³/mol. The Balaban J connectivity index is 0. The molecule has 0 rings (SSSR count). The summed E-state index contributed by atoms with van der Waals surface area (Å²) >= 11 is 0. The van der Waals surface area contributed by atoms with E-state index in [0.29, 0.717) is 0 Å². The third-order valence-electron chi connectivity index (χ3n) is 0.407. The number of hydrogen-bond acceptors (Lipinski definition) is 1. The van der Waals surface area contributed by atoms with Crippen molar-refractivity contribution in [1.29, 1.82) is 0 Å². The molecular formula is C4H9OPtSi2. The van der Waals surface area contributed by atoms with Gasteiger partial charge >= 0.3 is 0 Å². The van der Waals surface area contributed by atoms with Gasteiger partial charge in [-0.05, 0) is 0 Å². The predicted octanol–water partition coefficient (Wildman–Crippen LogP) is -0.277. The van der Waals surface area contributed by atoms with Gasteiger partial charge in [-0.3, -0.25) is 0 Å². The quantitative estimate of drug-likeness (QED) is 0.511. The van der Waals surface area contributed by atoms with E-state index >= 15 is 0 Å². The van der Waals surface area contributed by atoms with Gasteiger partial charge in [0.25, 0.3) is 0 Å². The summed E-state index contributed by atoms with van der Waals surface area (Å²) in [7, 11) is -0.289. The molecular weight excluding hydrogens is 315 g/mol. The first-order valence-electron chi connectivity index (χ1n) is 2.08. The van der Waals surface area contributed by atoms with Gasteiger partial charge in [0.15, 0.2) is 9.76 Å². The van der Waals surface area contributed by atoms with Crippen molar-refractivity contribution in [2.75, 3.05) is 0 Å². The summed E-state index contributed by atoms with van der Waals surface area (Å²) in [6.07, 6.45) is 0. The van der Waals surface area contributed by atoms with Crippen LogP contribution in [0.1, 0.15) is 0 Å². The number of rotatable bonds is 4. The molecule has 0 fully saturated rings. The minimum Gasteiger partial charge on any atom is -0.457 e. The molecule has 0 amide bonds. The molecule has 1 nitrogen and oxygen atoms in total. The Morgan fingerprint density at radius 2 is 2.12 bits per heavy atom. The van der Waals surface area contributed by atoms with E-state index in [1.54, 1.807) is 0 Å². The molecule has 0 heterocycles. The van der Waals surface area contributed by atoms with Crippen molar-refractivity contribution in [3.63, 3.8) is 0 Å². The maximum Gasteiger partial charge on any atom is 0.206 e. The summed E-state index contributed by atoms with van der Waals surface area (Å²) in [6.45, 7) is 7.08. The second kappa shape index (κ2) is 10.5. The molecule has 0 aromatic heterocycles. The molecule has 0 saturated carbocycles. The third-order valence-corrected chi connectivity index (χ3v) is 2.37. The van der Waals surface area contributed by atoms with E-state index in [9.17, 15) is 0 Å². The molecule has 4 heteroatoms. The Hall–Kier alpha value is 0.562. The average Bonchev–Trinajstić information content (AvgIpc) is 1.69. The first kappa shape index (κ1) is 11.4. The number of hydrogen-bond donors (Lipinski definition) is 0. The Morgan fingerprint density at radius 1 is 1.50 bits per heavy atom. The monoisotopic (exact) mass is 324 g/mol. The summed E-state index contributed by atoms with van der Waals surface area (Å²) in [5.41, 5.74) is 3.70. The molecule has 0 aromatic carbocycles. The minimum atomic E-state index is -0.360. The van der Waals surface area contributed by atoms with Crippen LogP contribution in [0.2, 0.25) is 0 Å². The van der Waals surface area contributed by atoms with Gasteiger partial charge in [-0.25, -0.2) is 0 Å². The summed E-state index contributed by atoms with van der Waals surface area (Å²) in [5.74, 6) is 0. The van der Waals surface area contributed by atoms with Gasteiger partial charge in [0, 0.05) is 21.1 Å². The van der Waals surface area contributed by atoms with E-state index < -0.39 is 0 Å². The van der Waals surface area contributed by atoms with Crippen LogP contribution < -0.4 is 0 Å². The normalized spacial score (nSPS) is 8.50. The van der Waals surface area contributed by atoms with Gasteiger partial charge in [0.05, 0.1) is 0 Å². The molecule has 0 atom stereocenters. The van der Waals surface area contributed by atoms with Crippen LogP contribution in [0.4, 0.5) is 0 Å². The molecule has 0 unspecified atom stereocenters. The Morgan fingerprint density at radius 3 is 2.50 bits per heavy atom. The molecule has 0 aliphatic carbocycles. The van der Waals surface area contributed by atoms with Crippen molar-refractivity contribution in [1.82, 2.24) is 0 Å². The van der Waals surface area contributed by atoms with Crippen LogP contribution in [0.3, 0.4) is 0 Å². The molecule has 0 aromatic rings. The molecule has 0 saturated heterocycles. The van der Waals surface area contributed by atoms with E-state index in [-0.39, 0.29) is 40.6 Å². The first-order valence-corrected chi connectivity index (χ1v) is 4.61. The molecule has 0 bridgehead atoms. The first-order chi connectivity index (χ1) is 3.41. The molecule has 8 heavy (non-hydrogen) atoms. The molecule has 0 aliphatic rings. The molecule has 0 aliphatic heterocycles. The van der Waals surface area contributed by atoms with E-state index in [4.69, 9.17) is 4.12 Å². The summed E-state index contributed by atoms with van der Waals surface area (Å²) in [6, 6.07) is 0. The fourth-order valence-electron chi connectivity index (χ4n) is 0.192. The van der Waals surface area contributed by atoms with E-state index in [0.717, 1.165) is 0 Å². The van der Waals surface area contributed by atoms with Crippen molar-refractivity contribution >= 4 is 19.5 Å². The van der Waals surface area contributed by atoms with Gasteiger partial charge < -0.3 is 4.12 Å². The van der Waals surface area contributed by atoms with Crippen LogP contribution >= 0.6 is 0 Å². The van der Waals surface area contributed by atoms with Crippen LogP contribution in [0, 0.1) is 0 Å². The second-order valence-electron chi connectivity index (χ2n) is 0.994. The smallest absolute Gasteiger partial charge is 0.206 e. The summed E-state index contributed by atoms with van der Waals surface area (Å²) in [5, 5.41) is 0. The van der Waals surface area contributed by atoms with Crippen LogP contribution in [0.15, 0.2) is 24.6 Å². The minimum absolute atomic E-state index is 0. The Kier molecular flexibility index (Phi) is 15.0. The van der Waals surface area contributed by atoms with Crippen molar-refractivity contribution < 1.29 is 25.2 Å². The largest absolute Gasteiger partial charge is 0.457 e. The fraction of sp³-hybridized carbons (Fsp3) is 0. The van der Waals surface area contributed by atoms with Crippen LogP contribution in [0.25, 0.3) is 0 Å². The van der Waals surface area contributed by atoms with Gasteiger partial charge in [-0.15, -0.1) is 13.2 Å². The van der Waals surface area contributed by atoms with Gasteiger partial charge in [-0.1, -0.05) is 11.4 Å². The molecule has 1 radical (unpaired) electrons. The molecule has 0 N–H and O–H groups in total. The zero-order valence-electron chi connectivity index (χ0n) is 4.58. The second-order valence-corrected chi connectivity index (χ2v) is 3.98. The molecule has 0 spiro atoms. The van der Waals surface area contributed by atoms with Crippen molar-refractivity contribution in [2.45, 2.75) is 0 Å². The average molecular weight is 324 g/mol. The standard InChI is InChI=1S/C4H9OSi2.Pt/c1-3-6-5-7-4-2;/h3-4,6H,1-2,7H2;. The van der Waals surface area contributed by atoms with Crippen LogP contribution in [0.5, 0.6) is 0 Å². The summed E-state index contributed by atoms with van der Waals surface area (Å²) in [4.78, 5) is 0. The Bertz CT molecular complexity index is 59.1. The summed E-state index contributed by atoms with van der Waals surface area (Å²) < 4.78 is 5.12. The topological polar surface area (TPSA) is 9.23 Å². The fourth-order valence-corrected chi connectivity index (χ4v) is 1.72. The van der Waals surface area contributed by atoms with E-state index in [1.807, 2.05) is 11.4 Å². The Labute approximate surface area is 69.4 Å². The van der Waals surface area contributed by atoms with Crippen molar-refractivity contribution in [3.05, 3.63) is 24.6 Å². The maximum absolute atomic E-state index is 5.12. The molecule has 49 valence electrons. The maximum atomic E-state index is 5.12. The van der Waals surface area contributed by atoms with Gasteiger partial charge in [0.1, 0.15) is 0 Å². The van der Waals surface area contributed by atoms with E-state index in [1.165, 1.54) is 0 Å². The zero-order chi connectivity index (χ0) is 5.54. The van der Waals surface area contributed by atoms with E-state index in [2.05, 4.69) is 13.2 Å². The SMILES string of the molecule is C=C[SiH]O[SiH2]C=C.[Pt]. The van der Waals surface area contributed by atoms with Gasteiger partial charge in [0.2, 0.25) is 9.76 Å². The van der Waals surface area contributed by atoms with Crippen LogP contribution in [-0.4, -0.2) is 19.5 Å². The van der Waals surface area contributed by atoms with Crippen molar-refractivity contribution in [3.8, 4) is 0 Å². The van der Waals surface area contributed by atoms with Gasteiger partial charge in [-0.2, -0.15) is 0 Å².